The van der Waals surface area contributed by atoms with Crippen LogP contribution >= 0.6 is 0 Å². The molecule has 0 amide bonds. The van der Waals surface area contributed by atoms with Gasteiger partial charge in [-0.05, 0) is 9.92 Å². The molecule has 0 aromatic heterocycles. The molecule has 2 radical (unpaired) electrons. The van der Waals surface area contributed by atoms with Gasteiger partial charge in [0.1, 0.15) is 6.54 Å². The SMILES string of the molecule is O=[N+]([O-])C1=N[C]NC1. The van der Waals surface area contributed by atoms with Crippen LogP contribution in [0.2, 0.25) is 0 Å². The van der Waals surface area contributed by atoms with Crippen LogP contribution < -0.4 is 5.32 Å². The van der Waals surface area contributed by atoms with E-state index in [-0.39, 0.29) is 12.4 Å². The van der Waals surface area contributed by atoms with Crippen LogP contribution in [0.5, 0.6) is 0 Å². The van der Waals surface area contributed by atoms with Gasteiger partial charge in [0.15, 0.2) is 0 Å². The topological polar surface area (TPSA) is 67.5 Å². The first kappa shape index (κ1) is 5.17. The molecule has 1 aliphatic rings. The maximum absolute atomic E-state index is 9.80. The zero-order valence-electron chi connectivity index (χ0n) is 3.92. The molecule has 0 bridgehead atoms. The van der Waals surface area contributed by atoms with Crippen molar-refractivity contribution < 1.29 is 4.92 Å². The minimum absolute atomic E-state index is 0.0787. The van der Waals surface area contributed by atoms with Gasteiger partial charge >= 0.3 is 12.5 Å². The van der Waals surface area contributed by atoms with E-state index >= 15 is 0 Å². The second-order valence-electron chi connectivity index (χ2n) is 1.25. The van der Waals surface area contributed by atoms with Crippen molar-refractivity contribution in [1.82, 2.24) is 5.32 Å². The average molecular weight is 113 g/mol. The Balaban J connectivity index is 2.57. The Morgan fingerprint density at radius 3 is 3.00 bits per heavy atom. The van der Waals surface area contributed by atoms with Gasteiger partial charge in [-0.25, -0.2) is 5.32 Å². The van der Waals surface area contributed by atoms with Crippen molar-refractivity contribution in [2.24, 2.45) is 4.99 Å². The van der Waals surface area contributed by atoms with Crippen LogP contribution in [0.15, 0.2) is 4.99 Å². The highest BCUT2D eigenvalue weighted by Gasteiger charge is 2.18. The summed E-state index contributed by atoms with van der Waals surface area (Å²) in [6.07, 6.45) is 0. The Bertz CT molecular complexity index is 141. The standard InChI is InChI=1S/C3H3N3O2/c7-6(8)3-1-4-2-5-3/h4H,1H2. The van der Waals surface area contributed by atoms with Gasteiger partial charge in [-0.3, -0.25) is 0 Å². The lowest BCUT2D eigenvalue weighted by molar-refractivity contribution is -0.351. The second kappa shape index (κ2) is 1.87. The fourth-order valence-corrected chi connectivity index (χ4v) is 0.368. The minimum Gasteiger partial charge on any atom is -0.358 e. The molecule has 0 atom stereocenters. The number of rotatable bonds is 0. The lowest BCUT2D eigenvalue weighted by Crippen LogP contribution is -2.18. The summed E-state index contributed by atoms with van der Waals surface area (Å²) in [6, 6.07) is 0. The predicted octanol–water partition coefficient (Wildman–Crippen LogP) is -0.739. The fourth-order valence-electron chi connectivity index (χ4n) is 0.368. The number of hydrogen-bond acceptors (Lipinski definition) is 4. The van der Waals surface area contributed by atoms with Gasteiger partial charge in [-0.15, -0.1) is 0 Å². The molecule has 1 rings (SSSR count). The number of amidine groups is 1. The molecule has 0 saturated carbocycles. The highest BCUT2D eigenvalue weighted by atomic mass is 16.6. The normalized spacial score (nSPS) is 18.2. The summed E-state index contributed by atoms with van der Waals surface area (Å²) in [4.78, 5) is 12.6. The lowest BCUT2D eigenvalue weighted by atomic mass is 10.6. The lowest BCUT2D eigenvalue weighted by Gasteiger charge is -1.86. The second-order valence-corrected chi connectivity index (χ2v) is 1.25. The van der Waals surface area contributed by atoms with Gasteiger partial charge in [0, 0.05) is 0 Å². The third kappa shape index (κ3) is 0.812. The average Bonchev–Trinajstić information content (AvgIpc) is 2.12. The van der Waals surface area contributed by atoms with Crippen LogP contribution in [0.25, 0.3) is 0 Å². The summed E-state index contributed by atoms with van der Waals surface area (Å²) in [6.45, 7) is 2.44. The summed E-state index contributed by atoms with van der Waals surface area (Å²) < 4.78 is 0. The highest BCUT2D eigenvalue weighted by molar-refractivity contribution is 5.78. The van der Waals surface area contributed by atoms with Gasteiger partial charge in [-0.2, -0.15) is 0 Å². The Morgan fingerprint density at radius 2 is 2.75 bits per heavy atom. The number of aliphatic imine (C=N–C) groups is 1. The first-order chi connectivity index (χ1) is 3.80. The Hall–Kier alpha value is -0.970. The molecular formula is C3H3N3O2. The molecule has 1 aliphatic heterocycles. The van der Waals surface area contributed by atoms with E-state index in [1.807, 2.05) is 0 Å². The number of nitro groups is 1. The Morgan fingerprint density at radius 1 is 2.00 bits per heavy atom. The molecule has 0 aliphatic carbocycles. The van der Waals surface area contributed by atoms with Crippen LogP contribution in [-0.2, 0) is 0 Å². The minimum atomic E-state index is -0.535. The first-order valence-electron chi connectivity index (χ1n) is 1.99. The zero-order chi connectivity index (χ0) is 5.98. The van der Waals surface area contributed by atoms with Gasteiger partial charge in [0.05, 0.1) is 0 Å². The Labute approximate surface area is 45.6 Å². The molecule has 0 fully saturated rings. The molecule has 0 spiro atoms. The first-order valence-corrected chi connectivity index (χ1v) is 1.99. The van der Waals surface area contributed by atoms with Crippen molar-refractivity contribution in [2.75, 3.05) is 6.54 Å². The number of nitrogens with one attached hydrogen (secondary N) is 1. The van der Waals surface area contributed by atoms with Crippen molar-refractivity contribution in [3.05, 3.63) is 16.8 Å². The zero-order valence-corrected chi connectivity index (χ0v) is 3.92. The highest BCUT2D eigenvalue weighted by Crippen LogP contribution is 1.88. The van der Waals surface area contributed by atoms with Crippen molar-refractivity contribution in [1.29, 1.82) is 0 Å². The molecule has 0 unspecified atom stereocenters. The summed E-state index contributed by atoms with van der Waals surface area (Å²) >= 11 is 0. The van der Waals surface area contributed by atoms with Crippen LogP contribution in [0, 0.1) is 16.8 Å². The molecule has 0 aromatic carbocycles. The van der Waals surface area contributed by atoms with E-state index in [9.17, 15) is 10.1 Å². The van der Waals surface area contributed by atoms with Gasteiger partial charge in [0.2, 0.25) is 0 Å². The van der Waals surface area contributed by atoms with E-state index in [1.165, 1.54) is 0 Å². The van der Waals surface area contributed by atoms with Crippen LogP contribution in [0.1, 0.15) is 0 Å². The quantitative estimate of drug-likeness (QED) is 0.332. The van der Waals surface area contributed by atoms with Gasteiger partial charge in [-0.1, -0.05) is 0 Å². The maximum atomic E-state index is 9.80. The van der Waals surface area contributed by atoms with Crippen molar-refractivity contribution in [2.45, 2.75) is 0 Å². The molecule has 5 nitrogen and oxygen atoms in total. The van der Waals surface area contributed by atoms with E-state index in [1.54, 1.807) is 0 Å². The number of hydrogen-bond donors (Lipinski definition) is 1. The molecule has 1 heterocycles. The van der Waals surface area contributed by atoms with Crippen LogP contribution in [-0.4, -0.2) is 17.3 Å². The van der Waals surface area contributed by atoms with E-state index in [0.717, 1.165) is 0 Å². The smallest absolute Gasteiger partial charge is 0.349 e. The summed E-state index contributed by atoms with van der Waals surface area (Å²) in [7, 11) is 0. The molecule has 5 heteroatoms. The monoisotopic (exact) mass is 113 g/mol. The molecule has 8 heavy (non-hydrogen) atoms. The fraction of sp³-hybridized carbons (Fsp3) is 0.333. The molecule has 0 saturated heterocycles. The van der Waals surface area contributed by atoms with Crippen LogP contribution in [0.4, 0.5) is 0 Å². The maximum Gasteiger partial charge on any atom is 0.349 e. The van der Waals surface area contributed by atoms with Crippen molar-refractivity contribution in [3.8, 4) is 0 Å². The molecule has 1 N–H and O–H groups in total. The van der Waals surface area contributed by atoms with E-state index in [2.05, 4.69) is 17.0 Å². The van der Waals surface area contributed by atoms with Crippen molar-refractivity contribution >= 4 is 5.84 Å². The van der Waals surface area contributed by atoms with Gasteiger partial charge < -0.3 is 10.1 Å². The Kier molecular flexibility index (Phi) is 1.21. The number of nitrogens with zero attached hydrogens (tertiary/aromatic N) is 2. The third-order valence-corrected chi connectivity index (χ3v) is 0.721. The summed E-state index contributed by atoms with van der Waals surface area (Å²) in [5, 5.41) is 12.3. The molecule has 42 valence electrons. The summed E-state index contributed by atoms with van der Waals surface area (Å²) in [5.74, 6) is -0.0787. The largest absolute Gasteiger partial charge is 0.358 e. The summed E-state index contributed by atoms with van der Waals surface area (Å²) in [5.41, 5.74) is 0. The predicted molar refractivity (Wildman–Crippen MR) is 25.7 cm³/mol. The van der Waals surface area contributed by atoms with Gasteiger partial charge in [0.25, 0.3) is 0 Å². The van der Waals surface area contributed by atoms with E-state index in [4.69, 9.17) is 0 Å². The van der Waals surface area contributed by atoms with E-state index < -0.39 is 4.92 Å². The van der Waals surface area contributed by atoms with Crippen LogP contribution in [0.3, 0.4) is 0 Å². The molecule has 0 aromatic rings. The van der Waals surface area contributed by atoms with E-state index in [0.29, 0.717) is 0 Å². The molecular weight excluding hydrogens is 110 g/mol. The van der Waals surface area contributed by atoms with Crippen molar-refractivity contribution in [3.63, 3.8) is 0 Å². The third-order valence-electron chi connectivity index (χ3n) is 0.721.